The molecule has 0 bridgehead atoms. The molecular formula is C115H96N4O. The summed E-state index contributed by atoms with van der Waals surface area (Å²) in [5.74, 6) is 0. The maximum Gasteiger partial charge on any atom is 0.137 e. The first-order valence-corrected chi connectivity index (χ1v) is 42.9. The highest BCUT2D eigenvalue weighted by Crippen LogP contribution is 2.56. The van der Waals surface area contributed by atoms with Gasteiger partial charge in [0.2, 0.25) is 0 Å². The second-order valence-corrected chi connectivity index (χ2v) is 37.3. The van der Waals surface area contributed by atoms with Crippen LogP contribution in [0.25, 0.3) is 144 Å². The predicted octanol–water partition coefficient (Wildman–Crippen LogP) is 32.1. The summed E-state index contributed by atoms with van der Waals surface area (Å²) < 4.78 is 11.7. The highest BCUT2D eigenvalue weighted by molar-refractivity contribution is 6.15. The number of aromatic nitrogens is 2. The van der Waals surface area contributed by atoms with Gasteiger partial charge >= 0.3 is 0 Å². The molecule has 120 heavy (non-hydrogen) atoms. The number of para-hydroxylation sites is 3. The van der Waals surface area contributed by atoms with E-state index in [0.29, 0.717) is 0 Å². The van der Waals surface area contributed by atoms with Crippen molar-refractivity contribution in [1.82, 2.24) is 9.13 Å². The number of furan rings is 1. The van der Waals surface area contributed by atoms with Crippen molar-refractivity contribution in [2.45, 2.75) is 122 Å². The van der Waals surface area contributed by atoms with Crippen LogP contribution in [0.5, 0.6) is 0 Å². The first-order chi connectivity index (χ1) is 58.2. The highest BCUT2D eigenvalue weighted by Gasteiger charge is 2.42. The van der Waals surface area contributed by atoms with Crippen LogP contribution >= 0.6 is 0 Å². The molecule has 5 heteroatoms. The Morgan fingerprint density at radius 3 is 1.44 bits per heavy atom. The molecule has 0 atom stereocenters. The van der Waals surface area contributed by atoms with Crippen molar-refractivity contribution in [3.05, 3.63) is 385 Å². The third kappa shape index (κ3) is 11.7. The van der Waals surface area contributed by atoms with Gasteiger partial charge in [0, 0.05) is 66.5 Å². The van der Waals surface area contributed by atoms with E-state index < -0.39 is 0 Å². The summed E-state index contributed by atoms with van der Waals surface area (Å²) in [5, 5.41) is 7.11. The van der Waals surface area contributed by atoms with E-state index in [-0.39, 0.29) is 27.1 Å². The van der Waals surface area contributed by atoms with Crippen molar-refractivity contribution in [2.75, 3.05) is 9.80 Å². The van der Waals surface area contributed by atoms with E-state index in [9.17, 15) is 0 Å². The van der Waals surface area contributed by atoms with Crippen molar-refractivity contribution >= 4 is 99.7 Å². The van der Waals surface area contributed by atoms with E-state index in [1.165, 1.54) is 146 Å². The van der Waals surface area contributed by atoms with Crippen LogP contribution in [-0.4, -0.2) is 9.13 Å². The Hall–Kier alpha value is -13.5. The molecule has 0 saturated carbocycles. The molecule has 3 aromatic heterocycles. The molecule has 3 aliphatic carbocycles. The lowest BCUT2D eigenvalue weighted by molar-refractivity contribution is 0.331. The molecule has 0 saturated heterocycles. The summed E-state index contributed by atoms with van der Waals surface area (Å²) in [6.07, 6.45) is 4.66. The Labute approximate surface area is 703 Å². The van der Waals surface area contributed by atoms with Crippen molar-refractivity contribution in [3.8, 4) is 78.1 Å². The van der Waals surface area contributed by atoms with Gasteiger partial charge in [-0.05, 0) is 281 Å². The molecule has 22 rings (SSSR count). The van der Waals surface area contributed by atoms with Gasteiger partial charge in [0.1, 0.15) is 11.2 Å². The van der Waals surface area contributed by atoms with Crippen molar-refractivity contribution < 1.29 is 4.42 Å². The van der Waals surface area contributed by atoms with Gasteiger partial charge in [0.25, 0.3) is 0 Å². The zero-order valence-electron chi connectivity index (χ0n) is 70.0. The van der Waals surface area contributed by atoms with Crippen LogP contribution < -0.4 is 9.80 Å². The lowest BCUT2D eigenvalue weighted by atomic mass is 9.61. The summed E-state index contributed by atoms with van der Waals surface area (Å²) >= 11 is 0. The van der Waals surface area contributed by atoms with Gasteiger partial charge in [0.15, 0.2) is 0 Å². The first kappa shape index (κ1) is 72.9. The molecule has 0 unspecified atom stereocenters. The van der Waals surface area contributed by atoms with Crippen LogP contribution in [0.2, 0.25) is 0 Å². The minimum absolute atomic E-state index is 0.0441. The van der Waals surface area contributed by atoms with Crippen LogP contribution in [0.3, 0.4) is 0 Å². The maximum atomic E-state index is 6.66. The van der Waals surface area contributed by atoms with Crippen molar-refractivity contribution in [2.24, 2.45) is 0 Å². The second kappa shape index (κ2) is 27.3. The van der Waals surface area contributed by atoms with E-state index in [1.807, 2.05) is 0 Å². The molecule has 582 valence electrons. The summed E-state index contributed by atoms with van der Waals surface area (Å²) in [7, 11) is 0. The normalized spacial score (nSPS) is 15.3. The lowest BCUT2D eigenvalue weighted by Crippen LogP contribution is -2.35. The number of anilines is 6. The van der Waals surface area contributed by atoms with Gasteiger partial charge in [-0.3, -0.25) is 0 Å². The third-order valence-corrected chi connectivity index (χ3v) is 27.8. The topological polar surface area (TPSA) is 29.5 Å². The highest BCUT2D eigenvalue weighted by atomic mass is 16.3. The van der Waals surface area contributed by atoms with Crippen LogP contribution in [0, 0.1) is 0 Å². The molecule has 0 spiro atoms. The van der Waals surface area contributed by atoms with Crippen LogP contribution in [0.15, 0.2) is 356 Å². The Balaban J connectivity index is 0.598. The molecule has 16 aromatic carbocycles. The monoisotopic (exact) mass is 1550 g/mol. The smallest absolute Gasteiger partial charge is 0.137 e. The van der Waals surface area contributed by atoms with E-state index >= 15 is 0 Å². The molecule has 0 radical (unpaired) electrons. The Bertz CT molecular complexity index is 7360. The quantitative estimate of drug-likeness (QED) is 0.115. The Kier molecular flexibility index (Phi) is 16.6. The first-order valence-electron chi connectivity index (χ1n) is 42.9. The predicted molar refractivity (Wildman–Crippen MR) is 507 cm³/mol. The fourth-order valence-electron chi connectivity index (χ4n) is 21.3. The molecule has 0 amide bonds. The summed E-state index contributed by atoms with van der Waals surface area (Å²) in [6, 6.07) is 132. The fourth-order valence-corrected chi connectivity index (χ4v) is 21.3. The number of benzene rings is 16. The molecule has 0 fully saturated rings. The van der Waals surface area contributed by atoms with Gasteiger partial charge in [-0.1, -0.05) is 288 Å². The van der Waals surface area contributed by atoms with Gasteiger partial charge in [-0.25, -0.2) is 0 Å². The third-order valence-electron chi connectivity index (χ3n) is 27.8. The summed E-state index contributed by atoms with van der Waals surface area (Å²) in [6.45, 7) is 24.3. The van der Waals surface area contributed by atoms with Crippen LogP contribution in [0.1, 0.15) is 128 Å². The van der Waals surface area contributed by atoms with Crippen LogP contribution in [-0.2, 0) is 27.1 Å². The number of hydrogen-bond donors (Lipinski definition) is 0. The van der Waals surface area contributed by atoms with Crippen LogP contribution in [0.4, 0.5) is 34.1 Å². The van der Waals surface area contributed by atoms with Gasteiger partial charge in [-0.2, -0.15) is 0 Å². The van der Waals surface area contributed by atoms with Crippen molar-refractivity contribution in [1.29, 1.82) is 0 Å². The largest absolute Gasteiger partial charge is 0.456 e. The minimum Gasteiger partial charge on any atom is -0.456 e. The van der Waals surface area contributed by atoms with E-state index in [0.717, 1.165) is 91.2 Å². The van der Waals surface area contributed by atoms with Crippen molar-refractivity contribution in [3.63, 3.8) is 0 Å². The number of hydrogen-bond acceptors (Lipinski definition) is 3. The van der Waals surface area contributed by atoms with Gasteiger partial charge < -0.3 is 23.4 Å². The number of rotatable bonds is 13. The molecule has 3 heterocycles. The zero-order valence-corrected chi connectivity index (χ0v) is 70.0. The zero-order chi connectivity index (χ0) is 81.3. The molecular weight excluding hydrogens is 1450 g/mol. The number of nitrogens with zero attached hydrogens (tertiary/aromatic N) is 4. The van der Waals surface area contributed by atoms with E-state index in [2.05, 4.69) is 440 Å². The number of fused-ring (bicyclic) bond motifs is 14. The SMILES string of the molecule is CC1(C)CCC(C)(C)c2c(-c3cccc(-n4c5ccccc5c5ccc(N(c6ccc(-c7cccc(-c8ccc9c(c8)-c8ccc(N(c%10ccc(-c%11ccccc%11)cc%10)c%10ccc(-c%11ccc%12c(c%11)c%11ccccc%11n%12-c%11cccc%12c%11C(C)(C)CCC%12(C)C)cc%10)cc8C9(C)C)c7)cc6)c6cccc7oc8ccccc8c67)cc54)c3)cccc21. The molecule has 5 nitrogen and oxygen atoms in total. The summed E-state index contributed by atoms with van der Waals surface area (Å²) in [4.78, 5) is 4.88. The average Bonchev–Trinajstić information content (AvgIpc) is 1.21. The standard InChI is InChI=1S/C115H96N4O/c1-111(2)63-65-113(5,6)109-88(34-22-35-97(109)111)81-29-21-30-85(68-81)118-100-37-17-14-31-90(100)92-60-58-87(72-105(92)118)117(103-39-24-42-107-108(103)93-33-16-19-41-106(93)120-107)84-55-47-75(48-56-84)77-27-20-28-78(67-77)80-49-61-96-94(69-80)89-59-57-86(71-99(89)115(96,9)10)116(82-51-43-74(44-52-82)73-25-12-11-13-26-73)83-53-45-76(46-54-83)79-50-62-102-95(70-79)91-32-15-18-38-101(91)119(102)104-40-23-36-98-110(104)114(7,8)66-64-112(98,3)4/h11-62,67-72H,63-66H2,1-10H3. The second-order valence-electron chi connectivity index (χ2n) is 37.3. The van der Waals surface area contributed by atoms with Gasteiger partial charge in [0.05, 0.1) is 38.8 Å². The van der Waals surface area contributed by atoms with Gasteiger partial charge in [-0.15, -0.1) is 0 Å². The minimum atomic E-state index is -0.276. The molecule has 0 N–H and O–H groups in total. The van der Waals surface area contributed by atoms with E-state index in [4.69, 9.17) is 4.42 Å². The average molecular weight is 1550 g/mol. The Morgan fingerprint density at radius 1 is 0.250 bits per heavy atom. The molecule has 19 aromatic rings. The molecule has 3 aliphatic rings. The Morgan fingerprint density at radius 2 is 0.725 bits per heavy atom. The van der Waals surface area contributed by atoms with E-state index in [1.54, 1.807) is 0 Å². The molecule has 0 aliphatic heterocycles. The fraction of sp³-hybridized carbons (Fsp3) is 0.165. The summed E-state index contributed by atoms with van der Waals surface area (Å²) in [5.41, 5.74) is 38.5. The lowest BCUT2D eigenvalue weighted by Gasteiger charge is -2.43. The maximum absolute atomic E-state index is 6.66.